The summed E-state index contributed by atoms with van der Waals surface area (Å²) >= 11 is 5.98. The summed E-state index contributed by atoms with van der Waals surface area (Å²) in [5.41, 5.74) is 7.49. The van der Waals surface area contributed by atoms with Gasteiger partial charge in [-0.05, 0) is 36.5 Å². The Morgan fingerprint density at radius 2 is 2.13 bits per heavy atom. The fourth-order valence-corrected chi connectivity index (χ4v) is 2.01. The second-order valence-electron chi connectivity index (χ2n) is 4.52. The Kier molecular flexibility index (Phi) is 2.65. The largest absolute Gasteiger partial charge is 0.496 e. The van der Waals surface area contributed by atoms with Gasteiger partial charge in [0.2, 0.25) is 0 Å². The van der Waals surface area contributed by atoms with Crippen LogP contribution in [0.15, 0.2) is 18.2 Å². The third-order valence-corrected chi connectivity index (χ3v) is 3.55. The summed E-state index contributed by atoms with van der Waals surface area (Å²) < 4.78 is 5.31. The van der Waals surface area contributed by atoms with E-state index < -0.39 is 0 Å². The summed E-state index contributed by atoms with van der Waals surface area (Å²) in [5.74, 6) is 0.833. The molecule has 0 heterocycles. The molecule has 2 N–H and O–H groups in total. The summed E-state index contributed by atoms with van der Waals surface area (Å²) in [4.78, 5) is 0. The number of hydrogen-bond acceptors (Lipinski definition) is 2. The summed E-state index contributed by atoms with van der Waals surface area (Å²) in [6, 6.07) is 5.63. The number of hydrogen-bond donors (Lipinski definition) is 1. The first-order valence-electron chi connectivity index (χ1n) is 5.16. The second-order valence-corrected chi connectivity index (χ2v) is 4.95. The molecule has 0 aromatic heterocycles. The molecule has 0 spiro atoms. The van der Waals surface area contributed by atoms with E-state index in [1.165, 1.54) is 12.8 Å². The quantitative estimate of drug-likeness (QED) is 0.858. The van der Waals surface area contributed by atoms with Crippen LogP contribution in [0.4, 0.5) is 0 Å². The lowest BCUT2D eigenvalue weighted by Gasteiger charge is -2.21. The molecule has 0 saturated heterocycles. The van der Waals surface area contributed by atoms with Crippen molar-refractivity contribution in [1.29, 1.82) is 0 Å². The monoisotopic (exact) mass is 225 g/mol. The van der Waals surface area contributed by atoms with E-state index in [-0.39, 0.29) is 11.5 Å². The second kappa shape index (κ2) is 3.69. The first kappa shape index (κ1) is 10.8. The summed E-state index contributed by atoms with van der Waals surface area (Å²) in [6.45, 7) is 2.21. The molecule has 1 aliphatic rings. The zero-order chi connectivity index (χ0) is 11.1. The molecule has 1 aromatic rings. The molecule has 2 nitrogen and oxygen atoms in total. The molecule has 1 fully saturated rings. The van der Waals surface area contributed by atoms with E-state index in [1.807, 2.05) is 18.2 Å². The van der Waals surface area contributed by atoms with Gasteiger partial charge in [-0.25, -0.2) is 0 Å². The highest BCUT2D eigenvalue weighted by Gasteiger charge is 2.44. The molecule has 0 aliphatic heterocycles. The Labute approximate surface area is 95.4 Å². The maximum absolute atomic E-state index is 6.24. The Hall–Kier alpha value is -0.730. The summed E-state index contributed by atoms with van der Waals surface area (Å²) in [7, 11) is 1.66. The zero-order valence-corrected chi connectivity index (χ0v) is 9.84. The molecule has 2 rings (SSSR count). The number of methoxy groups -OCH3 is 1. The van der Waals surface area contributed by atoms with Gasteiger partial charge in [-0.15, -0.1) is 0 Å². The van der Waals surface area contributed by atoms with Gasteiger partial charge in [-0.2, -0.15) is 0 Å². The number of ether oxygens (including phenoxy) is 1. The maximum Gasteiger partial charge on any atom is 0.123 e. The van der Waals surface area contributed by atoms with E-state index >= 15 is 0 Å². The highest BCUT2D eigenvalue weighted by molar-refractivity contribution is 6.30. The Bertz CT molecular complexity index is 374. The molecule has 1 aromatic carbocycles. The summed E-state index contributed by atoms with van der Waals surface area (Å²) in [5, 5.41) is 0.713. The first-order valence-corrected chi connectivity index (χ1v) is 5.54. The molecule has 3 heteroatoms. The lowest BCUT2D eigenvalue weighted by atomic mass is 9.92. The standard InChI is InChI=1S/C12H16ClNO/c1-12(5-6-12)11(14)9-7-8(13)3-4-10(9)15-2/h3-4,7,11H,5-6,14H2,1-2H3. The molecule has 1 saturated carbocycles. The molecular formula is C12H16ClNO. The van der Waals surface area contributed by atoms with Gasteiger partial charge in [0.15, 0.2) is 0 Å². The number of rotatable bonds is 3. The van der Waals surface area contributed by atoms with E-state index in [0.717, 1.165) is 11.3 Å². The van der Waals surface area contributed by atoms with Gasteiger partial charge in [0.1, 0.15) is 5.75 Å². The van der Waals surface area contributed by atoms with Crippen LogP contribution in [0.2, 0.25) is 5.02 Å². The molecule has 1 aliphatic carbocycles. The van der Waals surface area contributed by atoms with Crippen molar-refractivity contribution in [2.45, 2.75) is 25.8 Å². The maximum atomic E-state index is 6.24. The minimum atomic E-state index is 0.0196. The first-order chi connectivity index (χ1) is 7.07. The van der Waals surface area contributed by atoms with Crippen LogP contribution in [0.1, 0.15) is 31.4 Å². The Balaban J connectivity index is 2.36. The fraction of sp³-hybridized carbons (Fsp3) is 0.500. The van der Waals surface area contributed by atoms with Crippen molar-refractivity contribution >= 4 is 11.6 Å². The topological polar surface area (TPSA) is 35.2 Å². The van der Waals surface area contributed by atoms with Crippen molar-refractivity contribution in [3.05, 3.63) is 28.8 Å². The van der Waals surface area contributed by atoms with E-state index in [9.17, 15) is 0 Å². The van der Waals surface area contributed by atoms with Gasteiger partial charge in [0, 0.05) is 16.6 Å². The number of benzene rings is 1. The van der Waals surface area contributed by atoms with Crippen LogP contribution in [0.25, 0.3) is 0 Å². The van der Waals surface area contributed by atoms with Crippen LogP contribution >= 0.6 is 11.6 Å². The van der Waals surface area contributed by atoms with Crippen molar-refractivity contribution in [2.24, 2.45) is 11.1 Å². The lowest BCUT2D eigenvalue weighted by molar-refractivity contribution is 0.385. The SMILES string of the molecule is COc1ccc(Cl)cc1C(N)C1(C)CC1. The Morgan fingerprint density at radius 3 is 2.67 bits per heavy atom. The lowest BCUT2D eigenvalue weighted by Crippen LogP contribution is -2.20. The number of halogens is 1. The van der Waals surface area contributed by atoms with Crippen molar-refractivity contribution in [3.8, 4) is 5.75 Å². The van der Waals surface area contributed by atoms with Gasteiger partial charge in [0.25, 0.3) is 0 Å². The molecule has 82 valence electrons. The highest BCUT2D eigenvalue weighted by Crippen LogP contribution is 2.54. The Morgan fingerprint density at radius 1 is 1.47 bits per heavy atom. The van der Waals surface area contributed by atoms with Gasteiger partial charge < -0.3 is 10.5 Å². The third kappa shape index (κ3) is 1.97. The van der Waals surface area contributed by atoms with E-state index in [4.69, 9.17) is 22.1 Å². The van der Waals surface area contributed by atoms with Crippen LogP contribution in [0, 0.1) is 5.41 Å². The van der Waals surface area contributed by atoms with Gasteiger partial charge in [0.05, 0.1) is 7.11 Å². The molecule has 0 radical (unpaired) electrons. The zero-order valence-electron chi connectivity index (χ0n) is 9.09. The van der Waals surface area contributed by atoms with Gasteiger partial charge in [-0.3, -0.25) is 0 Å². The van der Waals surface area contributed by atoms with Crippen molar-refractivity contribution in [3.63, 3.8) is 0 Å². The third-order valence-electron chi connectivity index (χ3n) is 3.32. The summed E-state index contributed by atoms with van der Waals surface area (Å²) in [6.07, 6.45) is 2.37. The predicted molar refractivity (Wildman–Crippen MR) is 62.3 cm³/mol. The molecule has 15 heavy (non-hydrogen) atoms. The predicted octanol–water partition coefficient (Wildman–Crippen LogP) is 3.15. The average molecular weight is 226 g/mol. The molecule has 0 amide bonds. The van der Waals surface area contributed by atoms with E-state index in [2.05, 4.69) is 6.92 Å². The van der Waals surface area contributed by atoms with Crippen molar-refractivity contribution in [2.75, 3.05) is 7.11 Å². The molecule has 1 unspecified atom stereocenters. The van der Waals surface area contributed by atoms with E-state index in [1.54, 1.807) is 7.11 Å². The van der Waals surface area contributed by atoms with Crippen molar-refractivity contribution < 1.29 is 4.74 Å². The minimum Gasteiger partial charge on any atom is -0.496 e. The van der Waals surface area contributed by atoms with Crippen LogP contribution in [-0.2, 0) is 0 Å². The van der Waals surface area contributed by atoms with Crippen LogP contribution in [0.3, 0.4) is 0 Å². The smallest absolute Gasteiger partial charge is 0.123 e. The normalized spacial score (nSPS) is 19.7. The van der Waals surface area contributed by atoms with Crippen LogP contribution in [-0.4, -0.2) is 7.11 Å². The minimum absolute atomic E-state index is 0.0196. The molecule has 0 bridgehead atoms. The fourth-order valence-electron chi connectivity index (χ4n) is 1.83. The van der Waals surface area contributed by atoms with Crippen molar-refractivity contribution in [1.82, 2.24) is 0 Å². The van der Waals surface area contributed by atoms with E-state index in [0.29, 0.717) is 5.02 Å². The molecule has 1 atom stereocenters. The van der Waals surface area contributed by atoms with Gasteiger partial charge in [-0.1, -0.05) is 18.5 Å². The average Bonchev–Trinajstić information content (AvgIpc) is 2.96. The highest BCUT2D eigenvalue weighted by atomic mass is 35.5. The molecular weight excluding hydrogens is 210 g/mol. The number of nitrogens with two attached hydrogens (primary N) is 1. The van der Waals surface area contributed by atoms with Crippen LogP contribution in [0.5, 0.6) is 5.75 Å². The van der Waals surface area contributed by atoms with Crippen LogP contribution < -0.4 is 10.5 Å². The van der Waals surface area contributed by atoms with Gasteiger partial charge >= 0.3 is 0 Å².